The van der Waals surface area contributed by atoms with E-state index in [9.17, 15) is 0 Å². The van der Waals surface area contributed by atoms with Crippen LogP contribution in [0.1, 0.15) is 29.9 Å². The maximum Gasteiger partial charge on any atom is 0.0178 e. The number of hydrogen-bond donors (Lipinski definition) is 2. The van der Waals surface area contributed by atoms with Gasteiger partial charge in [0.25, 0.3) is 0 Å². The van der Waals surface area contributed by atoms with Gasteiger partial charge < -0.3 is 11.1 Å². The Morgan fingerprint density at radius 2 is 1.90 bits per heavy atom. The third-order valence-electron chi connectivity index (χ3n) is 4.17. The summed E-state index contributed by atoms with van der Waals surface area (Å²) in [6.07, 6.45) is 2.58. The third kappa shape index (κ3) is 2.92. The summed E-state index contributed by atoms with van der Waals surface area (Å²) in [5.41, 5.74) is 10.9. The van der Waals surface area contributed by atoms with Crippen molar-refractivity contribution in [3.63, 3.8) is 0 Å². The van der Waals surface area contributed by atoms with Gasteiger partial charge in [-0.15, -0.1) is 0 Å². The maximum atomic E-state index is 5.71. The molecule has 1 fully saturated rings. The summed E-state index contributed by atoms with van der Waals surface area (Å²) in [6, 6.07) is 17.5. The van der Waals surface area contributed by atoms with Crippen LogP contribution in [-0.4, -0.2) is 13.1 Å². The van der Waals surface area contributed by atoms with Crippen LogP contribution in [-0.2, 0) is 6.54 Å². The van der Waals surface area contributed by atoms with Crippen molar-refractivity contribution in [3.05, 3.63) is 59.7 Å². The summed E-state index contributed by atoms with van der Waals surface area (Å²) in [6.45, 7) is 2.88. The standard InChI is InChI=1S/C18H22N2/c19-12-14-3-1-4-17(11-14)15-6-8-16(9-7-15)18-5-2-10-20-13-18/h1,3-4,6-9,11,18,20H,2,5,10,12-13,19H2. The van der Waals surface area contributed by atoms with Gasteiger partial charge >= 0.3 is 0 Å². The number of piperidine rings is 1. The molecular weight excluding hydrogens is 244 g/mol. The summed E-state index contributed by atoms with van der Waals surface area (Å²) in [5, 5.41) is 3.48. The van der Waals surface area contributed by atoms with E-state index >= 15 is 0 Å². The summed E-state index contributed by atoms with van der Waals surface area (Å²) in [4.78, 5) is 0. The number of benzene rings is 2. The van der Waals surface area contributed by atoms with E-state index in [-0.39, 0.29) is 0 Å². The Bertz CT molecular complexity index is 554. The smallest absolute Gasteiger partial charge is 0.0178 e. The van der Waals surface area contributed by atoms with E-state index in [0.29, 0.717) is 12.5 Å². The number of nitrogens with two attached hydrogens (primary N) is 1. The first-order valence-electron chi connectivity index (χ1n) is 7.47. The van der Waals surface area contributed by atoms with Crippen LogP contribution in [0.5, 0.6) is 0 Å². The largest absolute Gasteiger partial charge is 0.326 e. The van der Waals surface area contributed by atoms with Gasteiger partial charge in [-0.05, 0) is 53.6 Å². The molecule has 0 saturated carbocycles. The number of hydrogen-bond acceptors (Lipinski definition) is 2. The Labute approximate surface area is 121 Å². The van der Waals surface area contributed by atoms with Crippen molar-refractivity contribution in [1.29, 1.82) is 0 Å². The van der Waals surface area contributed by atoms with Crippen LogP contribution in [0.3, 0.4) is 0 Å². The quantitative estimate of drug-likeness (QED) is 0.894. The van der Waals surface area contributed by atoms with E-state index in [1.54, 1.807) is 0 Å². The summed E-state index contributed by atoms with van der Waals surface area (Å²) in [5.74, 6) is 0.674. The Kier molecular flexibility index (Phi) is 4.14. The fourth-order valence-electron chi connectivity index (χ4n) is 2.96. The minimum absolute atomic E-state index is 0.597. The molecule has 2 aromatic carbocycles. The zero-order chi connectivity index (χ0) is 13.8. The zero-order valence-electron chi connectivity index (χ0n) is 11.8. The monoisotopic (exact) mass is 266 g/mol. The van der Waals surface area contributed by atoms with Crippen LogP contribution in [0.25, 0.3) is 11.1 Å². The van der Waals surface area contributed by atoms with Crippen LogP contribution in [0.15, 0.2) is 48.5 Å². The summed E-state index contributed by atoms with van der Waals surface area (Å²) in [7, 11) is 0. The minimum Gasteiger partial charge on any atom is -0.326 e. The number of nitrogens with one attached hydrogen (secondary N) is 1. The highest BCUT2D eigenvalue weighted by atomic mass is 14.9. The lowest BCUT2D eigenvalue weighted by molar-refractivity contribution is 0.461. The molecule has 0 spiro atoms. The van der Waals surface area contributed by atoms with E-state index in [1.165, 1.54) is 41.6 Å². The molecule has 0 aliphatic carbocycles. The SMILES string of the molecule is NCc1cccc(-c2ccc(C3CCCNC3)cc2)c1. The third-order valence-corrected chi connectivity index (χ3v) is 4.17. The average molecular weight is 266 g/mol. The Hall–Kier alpha value is -1.64. The van der Waals surface area contributed by atoms with Gasteiger partial charge in [-0.25, -0.2) is 0 Å². The first kappa shape index (κ1) is 13.3. The van der Waals surface area contributed by atoms with Gasteiger partial charge in [0.2, 0.25) is 0 Å². The normalized spacial score (nSPS) is 18.9. The lowest BCUT2D eigenvalue weighted by Gasteiger charge is -2.23. The van der Waals surface area contributed by atoms with Crippen LogP contribution in [0.4, 0.5) is 0 Å². The molecule has 3 N–H and O–H groups in total. The second-order valence-electron chi connectivity index (χ2n) is 5.57. The van der Waals surface area contributed by atoms with E-state index in [4.69, 9.17) is 5.73 Å². The molecule has 0 amide bonds. The first-order chi connectivity index (χ1) is 9.86. The molecule has 0 aromatic heterocycles. The Morgan fingerprint density at radius 3 is 2.60 bits per heavy atom. The summed E-state index contributed by atoms with van der Waals surface area (Å²) >= 11 is 0. The molecule has 2 aromatic rings. The van der Waals surface area contributed by atoms with Gasteiger partial charge in [0.05, 0.1) is 0 Å². The lowest BCUT2D eigenvalue weighted by atomic mass is 9.90. The van der Waals surface area contributed by atoms with E-state index < -0.39 is 0 Å². The van der Waals surface area contributed by atoms with Crippen molar-refractivity contribution >= 4 is 0 Å². The predicted molar refractivity (Wildman–Crippen MR) is 84.6 cm³/mol. The molecule has 2 heteroatoms. The van der Waals surface area contributed by atoms with E-state index in [2.05, 4.69) is 53.8 Å². The fraction of sp³-hybridized carbons (Fsp3) is 0.333. The van der Waals surface area contributed by atoms with E-state index in [1.807, 2.05) is 0 Å². The van der Waals surface area contributed by atoms with Gasteiger partial charge in [0, 0.05) is 13.1 Å². The topological polar surface area (TPSA) is 38.0 Å². The molecule has 104 valence electrons. The van der Waals surface area contributed by atoms with Gasteiger partial charge in [-0.2, -0.15) is 0 Å². The van der Waals surface area contributed by atoms with Gasteiger partial charge in [0.15, 0.2) is 0 Å². The van der Waals surface area contributed by atoms with Crippen LogP contribution in [0, 0.1) is 0 Å². The molecule has 0 radical (unpaired) electrons. The molecule has 1 unspecified atom stereocenters. The second-order valence-corrected chi connectivity index (χ2v) is 5.57. The second kappa shape index (κ2) is 6.21. The highest BCUT2D eigenvalue weighted by Gasteiger charge is 2.14. The highest BCUT2D eigenvalue weighted by molar-refractivity contribution is 5.64. The van der Waals surface area contributed by atoms with Crippen LogP contribution >= 0.6 is 0 Å². The molecule has 1 aliphatic rings. The van der Waals surface area contributed by atoms with Gasteiger partial charge in [-0.1, -0.05) is 42.5 Å². The predicted octanol–water partition coefficient (Wildman–Crippen LogP) is 3.28. The first-order valence-corrected chi connectivity index (χ1v) is 7.47. The van der Waals surface area contributed by atoms with Crippen molar-refractivity contribution in [1.82, 2.24) is 5.32 Å². The fourth-order valence-corrected chi connectivity index (χ4v) is 2.96. The zero-order valence-corrected chi connectivity index (χ0v) is 11.8. The average Bonchev–Trinajstić information content (AvgIpc) is 2.56. The number of rotatable bonds is 3. The summed E-state index contributed by atoms with van der Waals surface area (Å²) < 4.78 is 0. The van der Waals surface area contributed by atoms with Crippen LogP contribution in [0.2, 0.25) is 0 Å². The lowest BCUT2D eigenvalue weighted by Crippen LogP contribution is -2.28. The highest BCUT2D eigenvalue weighted by Crippen LogP contribution is 2.26. The molecule has 1 aliphatic heterocycles. The minimum atomic E-state index is 0.597. The van der Waals surface area contributed by atoms with E-state index in [0.717, 1.165) is 6.54 Å². The molecule has 1 atom stereocenters. The molecule has 0 bridgehead atoms. The van der Waals surface area contributed by atoms with Gasteiger partial charge in [-0.3, -0.25) is 0 Å². The van der Waals surface area contributed by atoms with Crippen molar-refractivity contribution in [2.75, 3.05) is 13.1 Å². The van der Waals surface area contributed by atoms with Crippen molar-refractivity contribution in [3.8, 4) is 11.1 Å². The molecule has 20 heavy (non-hydrogen) atoms. The molecule has 1 heterocycles. The Morgan fingerprint density at radius 1 is 1.05 bits per heavy atom. The van der Waals surface area contributed by atoms with Crippen LogP contribution < -0.4 is 11.1 Å². The molecular formula is C18H22N2. The maximum absolute atomic E-state index is 5.71. The van der Waals surface area contributed by atoms with Crippen molar-refractivity contribution < 1.29 is 0 Å². The molecule has 1 saturated heterocycles. The molecule has 3 rings (SSSR count). The van der Waals surface area contributed by atoms with Crippen molar-refractivity contribution in [2.45, 2.75) is 25.3 Å². The molecule has 2 nitrogen and oxygen atoms in total. The van der Waals surface area contributed by atoms with Gasteiger partial charge in [0.1, 0.15) is 0 Å². The Balaban J connectivity index is 1.81. The van der Waals surface area contributed by atoms with Crippen molar-refractivity contribution in [2.24, 2.45) is 5.73 Å².